The van der Waals surface area contributed by atoms with Crippen LogP contribution in [0.5, 0.6) is 0 Å². The topological polar surface area (TPSA) is 73.6 Å². The van der Waals surface area contributed by atoms with Crippen molar-refractivity contribution < 1.29 is 18.8 Å². The molecule has 1 rings (SSSR count). The minimum Gasteiger partial charge on any atom is -0.382 e. The average molecular weight is 284 g/mol. The highest BCUT2D eigenvalue weighted by molar-refractivity contribution is 5.90. The zero-order valence-electron chi connectivity index (χ0n) is 12.9. The lowest BCUT2D eigenvalue weighted by atomic mass is 9.90. The van der Waals surface area contributed by atoms with E-state index in [4.69, 9.17) is 14.0 Å². The molecule has 0 aliphatic rings. The van der Waals surface area contributed by atoms with Crippen molar-refractivity contribution in [3.8, 4) is 0 Å². The van der Waals surface area contributed by atoms with Crippen LogP contribution in [0.25, 0.3) is 0 Å². The maximum absolute atomic E-state index is 11.6. The molecule has 114 valence electrons. The summed E-state index contributed by atoms with van der Waals surface area (Å²) in [5.41, 5.74) is 0.451. The number of hydrogen-bond donors (Lipinski definition) is 1. The second-order valence-corrected chi connectivity index (χ2v) is 5.65. The molecule has 1 N–H and O–H groups in total. The predicted molar refractivity (Wildman–Crippen MR) is 75.7 cm³/mol. The van der Waals surface area contributed by atoms with E-state index in [1.165, 1.54) is 0 Å². The van der Waals surface area contributed by atoms with E-state index in [0.717, 1.165) is 5.69 Å². The van der Waals surface area contributed by atoms with Crippen molar-refractivity contribution in [1.82, 2.24) is 5.16 Å². The Hall–Kier alpha value is -1.40. The molecule has 1 heterocycles. The molecule has 0 aliphatic carbocycles. The van der Waals surface area contributed by atoms with Crippen LogP contribution in [0, 0.1) is 5.92 Å². The molecule has 0 spiro atoms. The predicted octanol–water partition coefficient (Wildman–Crippen LogP) is 2.21. The molecule has 0 atom stereocenters. The summed E-state index contributed by atoms with van der Waals surface area (Å²) in [5.74, 6) is 0.166. The van der Waals surface area contributed by atoms with Gasteiger partial charge in [0.05, 0.1) is 25.5 Å². The molecule has 1 aromatic rings. The molecule has 0 aromatic carbocycles. The smallest absolute Gasteiger partial charge is 0.231 e. The highest BCUT2D eigenvalue weighted by Crippen LogP contribution is 2.25. The van der Waals surface area contributed by atoms with Gasteiger partial charge in [0.25, 0.3) is 0 Å². The van der Waals surface area contributed by atoms with Crippen LogP contribution >= 0.6 is 0 Å². The molecule has 0 fully saturated rings. The Morgan fingerprint density at radius 2 is 2.15 bits per heavy atom. The first-order chi connectivity index (χ1) is 9.36. The Morgan fingerprint density at radius 3 is 2.75 bits per heavy atom. The second kappa shape index (κ2) is 7.40. The van der Waals surface area contributed by atoms with E-state index in [-0.39, 0.29) is 17.2 Å². The van der Waals surface area contributed by atoms with Gasteiger partial charge < -0.3 is 14.0 Å². The molecule has 6 nitrogen and oxygen atoms in total. The summed E-state index contributed by atoms with van der Waals surface area (Å²) >= 11 is 0. The molecule has 0 radical (unpaired) electrons. The van der Waals surface area contributed by atoms with Gasteiger partial charge in [-0.25, -0.2) is 0 Å². The highest BCUT2D eigenvalue weighted by atomic mass is 16.5. The van der Waals surface area contributed by atoms with Gasteiger partial charge in [0.1, 0.15) is 0 Å². The van der Waals surface area contributed by atoms with Crippen LogP contribution in [0.15, 0.2) is 10.6 Å². The number of nitrogens with one attached hydrogen (secondary N) is 1. The molecule has 0 saturated carbocycles. The van der Waals surface area contributed by atoms with Gasteiger partial charge in [0, 0.05) is 24.5 Å². The summed E-state index contributed by atoms with van der Waals surface area (Å²) in [6, 6.07) is 1.74. The number of anilines is 1. The van der Waals surface area contributed by atoms with Gasteiger partial charge in [0.2, 0.25) is 11.8 Å². The molecule has 0 bridgehead atoms. The van der Waals surface area contributed by atoms with Crippen molar-refractivity contribution in [1.29, 1.82) is 0 Å². The van der Waals surface area contributed by atoms with Gasteiger partial charge in [-0.1, -0.05) is 32.9 Å². The summed E-state index contributed by atoms with van der Waals surface area (Å²) in [5, 5.41) is 6.68. The summed E-state index contributed by atoms with van der Waals surface area (Å²) < 4.78 is 15.6. The van der Waals surface area contributed by atoms with Crippen LogP contribution in [0.4, 0.5) is 5.88 Å². The van der Waals surface area contributed by atoms with E-state index >= 15 is 0 Å². The number of rotatable bonds is 8. The van der Waals surface area contributed by atoms with Crippen molar-refractivity contribution in [2.45, 2.75) is 33.1 Å². The van der Waals surface area contributed by atoms with Gasteiger partial charge in [-0.3, -0.25) is 10.1 Å². The Balaban J connectivity index is 2.58. The van der Waals surface area contributed by atoms with Crippen LogP contribution in [0.3, 0.4) is 0 Å². The zero-order valence-corrected chi connectivity index (χ0v) is 12.9. The number of amides is 1. The quantitative estimate of drug-likeness (QED) is 0.741. The zero-order chi connectivity index (χ0) is 15.2. The summed E-state index contributed by atoms with van der Waals surface area (Å²) in [7, 11) is 1.63. The number of carbonyl (C=O) groups is 1. The van der Waals surface area contributed by atoms with Gasteiger partial charge in [-0.15, -0.1) is 0 Å². The number of aromatic nitrogens is 1. The Labute approximate surface area is 119 Å². The van der Waals surface area contributed by atoms with Crippen LogP contribution in [-0.4, -0.2) is 38.0 Å². The normalized spacial score (nSPS) is 11.9. The van der Waals surface area contributed by atoms with Crippen LogP contribution in [0.2, 0.25) is 0 Å². The van der Waals surface area contributed by atoms with Gasteiger partial charge in [-0.05, 0) is 0 Å². The molecular formula is C14H24N2O4. The van der Waals surface area contributed by atoms with Gasteiger partial charge >= 0.3 is 0 Å². The Kier molecular flexibility index (Phi) is 6.16. The van der Waals surface area contributed by atoms with E-state index < -0.39 is 0 Å². The molecular weight excluding hydrogens is 260 g/mol. The lowest BCUT2D eigenvalue weighted by Crippen LogP contribution is -2.25. The first-order valence-corrected chi connectivity index (χ1v) is 6.71. The lowest BCUT2D eigenvalue weighted by Gasteiger charge is -2.21. The summed E-state index contributed by atoms with van der Waals surface area (Å²) in [6.07, 6.45) is 0. The van der Waals surface area contributed by atoms with Crippen molar-refractivity contribution in [3.05, 3.63) is 11.8 Å². The van der Waals surface area contributed by atoms with Gasteiger partial charge in [0.15, 0.2) is 0 Å². The maximum Gasteiger partial charge on any atom is 0.231 e. The number of methoxy groups -OCH3 is 1. The first-order valence-electron chi connectivity index (χ1n) is 6.71. The van der Waals surface area contributed by atoms with Crippen molar-refractivity contribution >= 4 is 11.8 Å². The molecule has 1 aromatic heterocycles. The van der Waals surface area contributed by atoms with E-state index in [1.54, 1.807) is 13.2 Å². The number of carbonyl (C=O) groups excluding carboxylic acids is 1. The molecule has 1 amide bonds. The van der Waals surface area contributed by atoms with Crippen LogP contribution in [-0.2, 0) is 19.7 Å². The van der Waals surface area contributed by atoms with Crippen molar-refractivity contribution in [2.75, 3.05) is 32.2 Å². The number of nitrogens with zero attached hydrogens (tertiary/aromatic N) is 1. The fourth-order valence-electron chi connectivity index (χ4n) is 1.46. The fraction of sp³-hybridized carbons (Fsp3) is 0.714. The second-order valence-electron chi connectivity index (χ2n) is 5.65. The molecule has 6 heteroatoms. The van der Waals surface area contributed by atoms with E-state index in [2.05, 4.69) is 10.5 Å². The molecule has 0 unspecified atom stereocenters. The van der Waals surface area contributed by atoms with E-state index in [1.807, 2.05) is 27.7 Å². The molecule has 0 saturated heterocycles. The maximum atomic E-state index is 11.6. The third-order valence-electron chi connectivity index (χ3n) is 2.87. The Bertz CT molecular complexity index is 427. The molecule has 0 aliphatic heterocycles. The van der Waals surface area contributed by atoms with Crippen molar-refractivity contribution in [3.63, 3.8) is 0 Å². The SMILES string of the molecule is COCCOCC(C)(C)c1cc(NC(=O)C(C)C)on1. The Morgan fingerprint density at radius 1 is 1.45 bits per heavy atom. The minimum atomic E-state index is -0.294. The minimum absolute atomic E-state index is 0.0955. The largest absolute Gasteiger partial charge is 0.382 e. The summed E-state index contributed by atoms with van der Waals surface area (Å²) in [6.45, 7) is 9.25. The van der Waals surface area contributed by atoms with E-state index in [0.29, 0.717) is 25.7 Å². The molecule has 20 heavy (non-hydrogen) atoms. The standard InChI is InChI=1S/C14H24N2O4/c1-10(2)13(17)15-12-8-11(16-20-12)14(3,4)9-19-7-6-18-5/h8,10H,6-7,9H2,1-5H3,(H,15,17). The van der Waals surface area contributed by atoms with Crippen LogP contribution < -0.4 is 5.32 Å². The third-order valence-corrected chi connectivity index (χ3v) is 2.87. The fourth-order valence-corrected chi connectivity index (χ4v) is 1.46. The monoisotopic (exact) mass is 284 g/mol. The summed E-state index contributed by atoms with van der Waals surface area (Å²) in [4.78, 5) is 11.6. The van der Waals surface area contributed by atoms with E-state index in [9.17, 15) is 4.79 Å². The van der Waals surface area contributed by atoms with Crippen LogP contribution in [0.1, 0.15) is 33.4 Å². The van der Waals surface area contributed by atoms with Crippen molar-refractivity contribution in [2.24, 2.45) is 5.92 Å². The number of hydrogen-bond acceptors (Lipinski definition) is 5. The highest BCUT2D eigenvalue weighted by Gasteiger charge is 2.26. The lowest BCUT2D eigenvalue weighted by molar-refractivity contribution is -0.119. The average Bonchev–Trinajstić information content (AvgIpc) is 2.84. The van der Waals surface area contributed by atoms with Gasteiger partial charge in [-0.2, -0.15) is 0 Å². The number of ether oxygens (including phenoxy) is 2. The third kappa shape index (κ3) is 4.94. The first kappa shape index (κ1) is 16.7.